The third kappa shape index (κ3) is 3.04. The van der Waals surface area contributed by atoms with Gasteiger partial charge in [0.05, 0.1) is 5.56 Å². The van der Waals surface area contributed by atoms with Crippen LogP contribution in [-0.2, 0) is 4.84 Å². The maximum atomic E-state index is 10.5. The number of hydrogen-bond acceptors (Lipinski definition) is 4. The second-order valence-electron chi connectivity index (χ2n) is 2.55. The van der Waals surface area contributed by atoms with Crippen LogP contribution in [0.25, 0.3) is 0 Å². The average molecular weight is 197 g/mol. The molecule has 5 nitrogen and oxygen atoms in total. The molecular weight excluding hydrogens is 186 g/mol. The molecule has 3 N–H and O–H groups in total. The predicted octanol–water partition coefficient (Wildman–Crippen LogP) is 0.654. The lowest BCUT2D eigenvalue weighted by Crippen LogP contribution is -2.10. The Balaban J connectivity index is 2.51. The normalized spacial score (nSPS) is 9.79. The Hall–Kier alpha value is -1.59. The molecule has 0 spiro atoms. The molecule has 1 aromatic carbocycles. The molecular formula is C9H11NO4. The zero-order valence-electron chi connectivity index (χ0n) is 7.47. The molecule has 0 unspecified atom stereocenters. The second kappa shape index (κ2) is 5.21. The molecule has 1 aromatic rings. The molecule has 0 saturated heterocycles. The number of carboxylic acid groups (broad SMARTS) is 1. The number of carbonyl (C=O) groups is 1. The number of benzene rings is 1. The van der Waals surface area contributed by atoms with Gasteiger partial charge in [-0.1, -0.05) is 0 Å². The quantitative estimate of drug-likeness (QED) is 0.535. The van der Waals surface area contributed by atoms with Gasteiger partial charge in [-0.05, 0) is 24.3 Å². The fourth-order valence-electron chi connectivity index (χ4n) is 0.901. The van der Waals surface area contributed by atoms with Crippen molar-refractivity contribution in [3.8, 4) is 5.75 Å². The standard InChI is InChI=1S/C9H11NO4/c10-14-6-5-13-8-3-1-7(2-4-8)9(11)12/h1-4H,5-6,10H2,(H,11,12). The first-order valence-electron chi connectivity index (χ1n) is 4.02. The summed E-state index contributed by atoms with van der Waals surface area (Å²) in [5, 5.41) is 8.61. The van der Waals surface area contributed by atoms with Crippen molar-refractivity contribution < 1.29 is 19.5 Å². The van der Waals surface area contributed by atoms with E-state index in [9.17, 15) is 4.79 Å². The molecule has 0 radical (unpaired) electrons. The Bertz CT molecular complexity index is 296. The number of aromatic carboxylic acids is 1. The van der Waals surface area contributed by atoms with Crippen LogP contribution in [0.1, 0.15) is 10.4 Å². The first kappa shape index (κ1) is 10.5. The van der Waals surface area contributed by atoms with Gasteiger partial charge >= 0.3 is 5.97 Å². The molecule has 5 heteroatoms. The Kier molecular flexibility index (Phi) is 3.90. The van der Waals surface area contributed by atoms with Gasteiger partial charge < -0.3 is 14.7 Å². The summed E-state index contributed by atoms with van der Waals surface area (Å²) in [6, 6.07) is 6.11. The molecule has 0 aliphatic heterocycles. The van der Waals surface area contributed by atoms with E-state index in [2.05, 4.69) is 4.84 Å². The zero-order chi connectivity index (χ0) is 10.4. The summed E-state index contributed by atoms with van der Waals surface area (Å²) in [6.45, 7) is 0.629. The average Bonchev–Trinajstić information content (AvgIpc) is 2.19. The summed E-state index contributed by atoms with van der Waals surface area (Å²) in [5.41, 5.74) is 0.229. The lowest BCUT2D eigenvalue weighted by molar-refractivity contribution is 0.0696. The van der Waals surface area contributed by atoms with E-state index in [0.717, 1.165) is 0 Å². The van der Waals surface area contributed by atoms with Crippen molar-refractivity contribution in [3.05, 3.63) is 29.8 Å². The van der Waals surface area contributed by atoms with Crippen molar-refractivity contribution in [3.63, 3.8) is 0 Å². The van der Waals surface area contributed by atoms with Crippen LogP contribution in [-0.4, -0.2) is 24.3 Å². The number of ether oxygens (including phenoxy) is 1. The molecule has 14 heavy (non-hydrogen) atoms. The SMILES string of the molecule is NOCCOc1ccc(C(=O)O)cc1. The maximum Gasteiger partial charge on any atom is 0.335 e. The van der Waals surface area contributed by atoms with Gasteiger partial charge in [-0.25, -0.2) is 10.7 Å². The van der Waals surface area contributed by atoms with Crippen LogP contribution in [0, 0.1) is 0 Å². The monoisotopic (exact) mass is 197 g/mol. The number of hydrogen-bond donors (Lipinski definition) is 2. The van der Waals surface area contributed by atoms with E-state index in [0.29, 0.717) is 19.0 Å². The van der Waals surface area contributed by atoms with Gasteiger partial charge in [0, 0.05) is 0 Å². The lowest BCUT2D eigenvalue weighted by atomic mass is 10.2. The Morgan fingerprint density at radius 2 is 1.93 bits per heavy atom. The fourth-order valence-corrected chi connectivity index (χ4v) is 0.901. The molecule has 0 heterocycles. The van der Waals surface area contributed by atoms with Gasteiger partial charge in [-0.2, -0.15) is 0 Å². The van der Waals surface area contributed by atoms with Crippen molar-refractivity contribution >= 4 is 5.97 Å². The van der Waals surface area contributed by atoms with E-state index >= 15 is 0 Å². The van der Waals surface area contributed by atoms with Crippen molar-refractivity contribution in [2.75, 3.05) is 13.2 Å². The van der Waals surface area contributed by atoms with E-state index < -0.39 is 5.97 Å². The minimum absolute atomic E-state index is 0.229. The summed E-state index contributed by atoms with van der Waals surface area (Å²) in [4.78, 5) is 14.8. The molecule has 0 amide bonds. The van der Waals surface area contributed by atoms with Gasteiger partial charge in [0.15, 0.2) is 0 Å². The number of carboxylic acids is 1. The maximum absolute atomic E-state index is 10.5. The summed E-state index contributed by atoms with van der Waals surface area (Å²) >= 11 is 0. The minimum Gasteiger partial charge on any atom is -0.491 e. The summed E-state index contributed by atoms with van der Waals surface area (Å²) in [5.74, 6) is 4.43. The smallest absolute Gasteiger partial charge is 0.335 e. The third-order valence-corrected chi connectivity index (χ3v) is 1.57. The highest BCUT2D eigenvalue weighted by atomic mass is 16.6. The van der Waals surface area contributed by atoms with Gasteiger partial charge in [0.1, 0.15) is 19.0 Å². The van der Waals surface area contributed by atoms with E-state index in [1.54, 1.807) is 12.1 Å². The molecule has 0 bridgehead atoms. The lowest BCUT2D eigenvalue weighted by Gasteiger charge is -2.04. The predicted molar refractivity (Wildman–Crippen MR) is 49.0 cm³/mol. The topological polar surface area (TPSA) is 81.8 Å². The largest absolute Gasteiger partial charge is 0.491 e. The van der Waals surface area contributed by atoms with Gasteiger partial charge in [-0.3, -0.25) is 0 Å². The first-order valence-corrected chi connectivity index (χ1v) is 4.02. The highest BCUT2D eigenvalue weighted by molar-refractivity contribution is 5.87. The van der Waals surface area contributed by atoms with Crippen LogP contribution < -0.4 is 10.6 Å². The molecule has 0 fully saturated rings. The summed E-state index contributed by atoms with van der Waals surface area (Å²) < 4.78 is 5.18. The van der Waals surface area contributed by atoms with Crippen molar-refractivity contribution in [2.24, 2.45) is 5.90 Å². The van der Waals surface area contributed by atoms with Crippen molar-refractivity contribution in [1.29, 1.82) is 0 Å². The van der Waals surface area contributed by atoms with Crippen molar-refractivity contribution in [1.82, 2.24) is 0 Å². The van der Waals surface area contributed by atoms with E-state index in [-0.39, 0.29) is 5.56 Å². The Morgan fingerprint density at radius 3 is 2.43 bits per heavy atom. The highest BCUT2D eigenvalue weighted by Gasteiger charge is 2.01. The zero-order valence-corrected chi connectivity index (χ0v) is 7.47. The van der Waals surface area contributed by atoms with E-state index in [1.165, 1.54) is 12.1 Å². The van der Waals surface area contributed by atoms with Gasteiger partial charge in [0.2, 0.25) is 0 Å². The van der Waals surface area contributed by atoms with E-state index in [4.69, 9.17) is 15.7 Å². The molecule has 0 aliphatic rings. The molecule has 0 aliphatic carbocycles. The number of nitrogens with two attached hydrogens (primary N) is 1. The second-order valence-corrected chi connectivity index (χ2v) is 2.55. The van der Waals surface area contributed by atoms with Crippen LogP contribution in [0.2, 0.25) is 0 Å². The fraction of sp³-hybridized carbons (Fsp3) is 0.222. The first-order chi connectivity index (χ1) is 6.74. The molecule has 0 saturated carbocycles. The van der Waals surface area contributed by atoms with Gasteiger partial charge in [-0.15, -0.1) is 0 Å². The van der Waals surface area contributed by atoms with Crippen LogP contribution >= 0.6 is 0 Å². The van der Waals surface area contributed by atoms with Crippen LogP contribution in [0.15, 0.2) is 24.3 Å². The van der Waals surface area contributed by atoms with Crippen LogP contribution in [0.5, 0.6) is 5.75 Å². The minimum atomic E-state index is -0.957. The molecule has 1 rings (SSSR count). The number of rotatable bonds is 5. The van der Waals surface area contributed by atoms with E-state index in [1.807, 2.05) is 0 Å². The molecule has 0 atom stereocenters. The van der Waals surface area contributed by atoms with Crippen LogP contribution in [0.3, 0.4) is 0 Å². The molecule has 0 aromatic heterocycles. The summed E-state index contributed by atoms with van der Waals surface area (Å²) in [6.07, 6.45) is 0. The highest BCUT2D eigenvalue weighted by Crippen LogP contribution is 2.11. The summed E-state index contributed by atoms with van der Waals surface area (Å²) in [7, 11) is 0. The van der Waals surface area contributed by atoms with Gasteiger partial charge in [0.25, 0.3) is 0 Å². The third-order valence-electron chi connectivity index (χ3n) is 1.57. The Labute approximate surface area is 81.0 Å². The van der Waals surface area contributed by atoms with Crippen LogP contribution in [0.4, 0.5) is 0 Å². The Morgan fingerprint density at radius 1 is 1.29 bits per heavy atom. The van der Waals surface area contributed by atoms with Crippen molar-refractivity contribution in [2.45, 2.75) is 0 Å². The molecule has 76 valence electrons.